The normalized spacial score (nSPS) is 11.3. The van der Waals surface area contributed by atoms with Gasteiger partial charge in [0.1, 0.15) is 12.6 Å². The van der Waals surface area contributed by atoms with Crippen molar-refractivity contribution >= 4 is 45.6 Å². The van der Waals surface area contributed by atoms with Crippen molar-refractivity contribution in [1.29, 1.82) is 0 Å². The number of azide groups is 1. The molecule has 2 N–H and O–H groups in total. The summed E-state index contributed by atoms with van der Waals surface area (Å²) in [5.74, 6) is -0.428. The van der Waals surface area contributed by atoms with Crippen molar-refractivity contribution in [3.63, 3.8) is 0 Å². The van der Waals surface area contributed by atoms with Crippen LogP contribution >= 0.6 is 23.5 Å². The highest BCUT2D eigenvalue weighted by Crippen LogP contribution is 2.21. The lowest BCUT2D eigenvalue weighted by molar-refractivity contribution is -0.129. The zero-order valence-corrected chi connectivity index (χ0v) is 24.5. The molecule has 0 aliphatic heterocycles. The molecule has 0 heterocycles. The van der Waals surface area contributed by atoms with E-state index in [2.05, 4.69) is 27.6 Å². The van der Waals surface area contributed by atoms with E-state index in [-0.39, 0.29) is 56.0 Å². The summed E-state index contributed by atoms with van der Waals surface area (Å²) < 4.78 is 15.8. The van der Waals surface area contributed by atoms with E-state index in [1.54, 1.807) is 12.1 Å². The Kier molecular flexibility index (Phi) is 21.4. The first-order valence-corrected chi connectivity index (χ1v) is 15.0. The van der Waals surface area contributed by atoms with E-state index in [1.807, 2.05) is 18.2 Å². The smallest absolute Gasteiger partial charge is 0.246 e. The molecule has 0 aliphatic rings. The third kappa shape index (κ3) is 19.4. The number of thioether (sulfide) groups is 2. The number of carbonyl (C=O) groups is 4. The molecule has 0 saturated heterocycles. The molecule has 0 bridgehead atoms. The molecule has 1 aromatic rings. The van der Waals surface area contributed by atoms with Crippen LogP contribution in [0.4, 0.5) is 0 Å². The quantitative estimate of drug-likeness (QED) is 0.0630. The first kappa shape index (κ1) is 35.4. The van der Waals surface area contributed by atoms with E-state index in [0.717, 1.165) is 47.7 Å². The fraction of sp³-hybridized carbons (Fsp3) is 0.615. The van der Waals surface area contributed by atoms with Crippen LogP contribution in [0.25, 0.3) is 10.4 Å². The summed E-state index contributed by atoms with van der Waals surface area (Å²) in [5, 5.41) is 8.11. The van der Waals surface area contributed by atoms with Crippen LogP contribution in [0.1, 0.15) is 39.0 Å². The molecule has 0 aliphatic carbocycles. The van der Waals surface area contributed by atoms with Gasteiger partial charge in [-0.15, -0.1) is 0 Å². The second-order valence-corrected chi connectivity index (χ2v) is 10.5. The maximum absolute atomic E-state index is 12.9. The van der Waals surface area contributed by atoms with Gasteiger partial charge in [-0.05, 0) is 24.1 Å². The molecule has 40 heavy (non-hydrogen) atoms. The second-order valence-electron chi connectivity index (χ2n) is 8.32. The lowest BCUT2D eigenvalue weighted by atomic mass is 10.2. The van der Waals surface area contributed by atoms with Crippen LogP contribution in [0.5, 0.6) is 0 Å². The molecule has 2 amide bonds. The number of nitrogens with zero attached hydrogens (tertiary/aromatic N) is 3. The van der Waals surface area contributed by atoms with Crippen LogP contribution < -0.4 is 10.6 Å². The van der Waals surface area contributed by atoms with Gasteiger partial charge in [0.05, 0.1) is 33.0 Å². The van der Waals surface area contributed by atoms with Gasteiger partial charge >= 0.3 is 0 Å². The number of rotatable bonds is 23. The molecule has 1 aromatic carbocycles. The van der Waals surface area contributed by atoms with Gasteiger partial charge in [0.15, 0.2) is 5.12 Å². The molecule has 1 rings (SSSR count). The minimum Gasteiger partial charge on any atom is -0.379 e. The van der Waals surface area contributed by atoms with Gasteiger partial charge in [-0.25, -0.2) is 0 Å². The fourth-order valence-electron chi connectivity index (χ4n) is 3.05. The minimum atomic E-state index is -1.05. The third-order valence-corrected chi connectivity index (χ3v) is 6.90. The molecule has 0 aromatic heterocycles. The molecule has 0 unspecified atom stereocenters. The number of hydrogen-bond acceptors (Lipinski definition) is 10. The predicted octanol–water partition coefficient (Wildman–Crippen LogP) is 3.50. The molecule has 14 heteroatoms. The topological polar surface area (TPSA) is 169 Å². The van der Waals surface area contributed by atoms with Gasteiger partial charge in [-0.2, -0.15) is 0 Å². The number of nitrogens with one attached hydrogen (secondary N) is 2. The Morgan fingerprint density at radius 1 is 0.975 bits per heavy atom. The summed E-state index contributed by atoms with van der Waals surface area (Å²) >= 11 is 1.92. The maximum Gasteiger partial charge on any atom is 0.246 e. The lowest BCUT2D eigenvalue weighted by Crippen LogP contribution is -2.42. The van der Waals surface area contributed by atoms with Crippen molar-refractivity contribution in [2.24, 2.45) is 5.11 Å². The standard InChI is InChI=1S/C26H39N5O7S2/c1-2-3-7-11-28-23(32)10-18-39-26(35)22(19-25(34)40-21-8-5-4-6-9-21)30-24(33)20-38-17-16-37-15-14-36-13-12-29-31-27/h4-6,8-9,22H,2-3,7,10-20H2,1H3,(H,28,32)(H,30,33)/t22-/m0/s1. The number of benzene rings is 1. The monoisotopic (exact) mass is 597 g/mol. The second kappa shape index (κ2) is 24.2. The molecular weight excluding hydrogens is 558 g/mol. The van der Waals surface area contributed by atoms with Crippen LogP contribution in [0.2, 0.25) is 0 Å². The molecule has 12 nitrogen and oxygen atoms in total. The van der Waals surface area contributed by atoms with Gasteiger partial charge in [-0.3, -0.25) is 19.2 Å². The number of carbonyl (C=O) groups excluding carboxylic acids is 4. The van der Waals surface area contributed by atoms with Crippen molar-refractivity contribution in [1.82, 2.24) is 10.6 Å². The zero-order chi connectivity index (χ0) is 29.3. The highest BCUT2D eigenvalue weighted by molar-refractivity contribution is 8.14. The highest BCUT2D eigenvalue weighted by Gasteiger charge is 2.25. The fourth-order valence-corrected chi connectivity index (χ4v) is 4.69. The predicted molar refractivity (Wildman–Crippen MR) is 155 cm³/mol. The number of hydrogen-bond donors (Lipinski definition) is 2. The summed E-state index contributed by atoms with van der Waals surface area (Å²) in [6, 6.07) is 7.99. The number of ether oxygens (including phenoxy) is 3. The summed E-state index contributed by atoms with van der Waals surface area (Å²) in [6.45, 7) is 3.97. The van der Waals surface area contributed by atoms with E-state index >= 15 is 0 Å². The van der Waals surface area contributed by atoms with Crippen LogP contribution in [0.3, 0.4) is 0 Å². The largest absolute Gasteiger partial charge is 0.379 e. The van der Waals surface area contributed by atoms with Crippen molar-refractivity contribution in [3.8, 4) is 0 Å². The average Bonchev–Trinajstić information content (AvgIpc) is 2.94. The van der Waals surface area contributed by atoms with Gasteiger partial charge < -0.3 is 24.8 Å². The van der Waals surface area contributed by atoms with Crippen molar-refractivity contribution < 1.29 is 33.4 Å². The Labute approximate surface area is 243 Å². The molecular formula is C26H39N5O7S2. The maximum atomic E-state index is 12.9. The summed E-state index contributed by atoms with van der Waals surface area (Å²) in [4.78, 5) is 53.3. The Hall–Kier alpha value is -2.61. The number of unbranched alkanes of at least 4 members (excludes halogenated alkanes) is 2. The van der Waals surface area contributed by atoms with Crippen LogP contribution in [0, 0.1) is 0 Å². The van der Waals surface area contributed by atoms with Crippen molar-refractivity contribution in [2.45, 2.75) is 50.0 Å². The highest BCUT2D eigenvalue weighted by atomic mass is 32.2. The zero-order valence-electron chi connectivity index (χ0n) is 22.9. The molecule has 1 atom stereocenters. The van der Waals surface area contributed by atoms with E-state index < -0.39 is 17.1 Å². The van der Waals surface area contributed by atoms with Crippen LogP contribution in [-0.2, 0) is 33.4 Å². The molecule has 0 radical (unpaired) electrons. The van der Waals surface area contributed by atoms with Gasteiger partial charge in [0, 0.05) is 41.5 Å². The van der Waals surface area contributed by atoms with Gasteiger partial charge in [0.2, 0.25) is 16.9 Å². The van der Waals surface area contributed by atoms with Gasteiger partial charge in [0.25, 0.3) is 0 Å². The summed E-state index contributed by atoms with van der Waals surface area (Å²) in [6.07, 6.45) is 2.98. The summed E-state index contributed by atoms with van der Waals surface area (Å²) in [5.41, 5.74) is 8.17. The van der Waals surface area contributed by atoms with E-state index in [9.17, 15) is 19.2 Å². The molecule has 0 saturated carbocycles. The van der Waals surface area contributed by atoms with Crippen molar-refractivity contribution in [3.05, 3.63) is 40.8 Å². The molecule has 0 fully saturated rings. The SMILES string of the molecule is CCCCCNC(=O)CCSC(=O)[C@H](CC(=O)Sc1ccccc1)NC(=O)COCCOCCOCCN=[N+]=[N-]. The van der Waals surface area contributed by atoms with Crippen LogP contribution in [-0.4, -0.2) is 86.6 Å². The molecule has 222 valence electrons. The van der Waals surface area contributed by atoms with Crippen LogP contribution in [0.15, 0.2) is 40.3 Å². The lowest BCUT2D eigenvalue weighted by Gasteiger charge is -2.17. The van der Waals surface area contributed by atoms with Gasteiger partial charge in [-0.1, -0.05) is 66.6 Å². The Morgan fingerprint density at radius 3 is 2.38 bits per heavy atom. The first-order valence-electron chi connectivity index (χ1n) is 13.2. The van der Waals surface area contributed by atoms with Crippen molar-refractivity contribution in [2.75, 3.05) is 58.5 Å². The third-order valence-electron chi connectivity index (χ3n) is 5.02. The van der Waals surface area contributed by atoms with E-state index in [1.165, 1.54) is 0 Å². The van der Waals surface area contributed by atoms with E-state index in [4.69, 9.17) is 19.7 Å². The Bertz CT molecular complexity index is 933. The minimum absolute atomic E-state index is 0.136. The Morgan fingerprint density at radius 2 is 1.68 bits per heavy atom. The molecule has 0 spiro atoms. The van der Waals surface area contributed by atoms with E-state index in [0.29, 0.717) is 26.4 Å². The average molecular weight is 598 g/mol. The number of amides is 2. The Balaban J connectivity index is 2.44. The summed E-state index contributed by atoms with van der Waals surface area (Å²) in [7, 11) is 0. The first-order chi connectivity index (χ1) is 19.5.